The number of carbonyl (C=O) groups excluding carboxylic acids is 4. The number of amides is 2. The lowest BCUT2D eigenvalue weighted by Gasteiger charge is -2.12. The molecule has 2 rings (SSSR count). The summed E-state index contributed by atoms with van der Waals surface area (Å²) in [5.74, 6) is -2.03. The summed E-state index contributed by atoms with van der Waals surface area (Å²) in [6.45, 7) is 3.62. The summed E-state index contributed by atoms with van der Waals surface area (Å²) in [6.07, 6.45) is 0.231. The predicted molar refractivity (Wildman–Crippen MR) is 127 cm³/mol. The molecule has 0 N–H and O–H groups in total. The van der Waals surface area contributed by atoms with Crippen molar-refractivity contribution in [2.45, 2.75) is 32.3 Å². The smallest absolute Gasteiger partial charge is 0.335 e. The monoisotopic (exact) mass is 525 g/mol. The molecule has 0 aromatic heterocycles. The Morgan fingerprint density at radius 2 is 1.05 bits per heavy atom. The Labute approximate surface area is 216 Å². The second-order valence-electron chi connectivity index (χ2n) is 7.75. The second kappa shape index (κ2) is 19.2. The van der Waals surface area contributed by atoms with Crippen molar-refractivity contribution >= 4 is 23.8 Å². The number of hydrogen-bond donors (Lipinski definition) is 0. The molecular formula is C25H35NO11. The van der Waals surface area contributed by atoms with Crippen LogP contribution in [0.15, 0.2) is 30.3 Å². The van der Waals surface area contributed by atoms with Crippen molar-refractivity contribution in [3.63, 3.8) is 0 Å². The Kier molecular flexibility index (Phi) is 15.8. The minimum atomic E-state index is -0.703. The Morgan fingerprint density at radius 3 is 1.54 bits per heavy atom. The SMILES string of the molecule is O=C(CCOCCOCCOCCOCCOCCC(=O)ON1C(=O)CCC1=O)OCc1ccccc1. The first kappa shape index (κ1) is 30.3. The summed E-state index contributed by atoms with van der Waals surface area (Å²) in [4.78, 5) is 50.7. The molecule has 0 atom stereocenters. The van der Waals surface area contributed by atoms with Gasteiger partial charge in [-0.3, -0.25) is 14.4 Å². The van der Waals surface area contributed by atoms with Gasteiger partial charge in [0.1, 0.15) is 6.61 Å². The molecule has 2 amide bonds. The van der Waals surface area contributed by atoms with Crippen LogP contribution in [-0.2, 0) is 59.0 Å². The Bertz CT molecular complexity index is 802. The van der Waals surface area contributed by atoms with Crippen LogP contribution in [0, 0.1) is 0 Å². The lowest BCUT2D eigenvalue weighted by Crippen LogP contribution is -2.32. The standard InChI is InChI=1S/C25H35NO11/c27-22-6-7-23(28)26(22)37-25(30)9-11-32-13-15-34-17-19-35-18-16-33-14-12-31-10-8-24(29)36-20-21-4-2-1-3-5-21/h1-5H,6-20H2. The van der Waals surface area contributed by atoms with Gasteiger partial charge in [-0.2, -0.15) is 0 Å². The fourth-order valence-electron chi connectivity index (χ4n) is 2.91. The number of hydrogen-bond acceptors (Lipinski definition) is 11. The van der Waals surface area contributed by atoms with Crippen molar-refractivity contribution in [2.24, 2.45) is 0 Å². The van der Waals surface area contributed by atoms with Gasteiger partial charge in [0.2, 0.25) is 0 Å². The molecule has 0 unspecified atom stereocenters. The van der Waals surface area contributed by atoms with E-state index in [9.17, 15) is 19.2 Å². The van der Waals surface area contributed by atoms with Gasteiger partial charge in [-0.15, -0.1) is 5.06 Å². The van der Waals surface area contributed by atoms with Gasteiger partial charge in [0, 0.05) is 12.8 Å². The quantitative estimate of drug-likeness (QED) is 0.130. The maximum atomic E-state index is 11.7. The van der Waals surface area contributed by atoms with E-state index in [0.29, 0.717) is 51.3 Å². The van der Waals surface area contributed by atoms with Crippen LogP contribution < -0.4 is 0 Å². The molecule has 0 spiro atoms. The predicted octanol–water partition coefficient (Wildman–Crippen LogP) is 1.20. The zero-order chi connectivity index (χ0) is 26.6. The Hall–Kier alpha value is -2.90. The zero-order valence-corrected chi connectivity index (χ0v) is 20.9. The molecule has 0 saturated carbocycles. The molecule has 206 valence electrons. The normalized spacial score (nSPS) is 13.2. The molecule has 37 heavy (non-hydrogen) atoms. The molecule has 1 aliphatic rings. The van der Waals surface area contributed by atoms with E-state index in [1.54, 1.807) is 0 Å². The van der Waals surface area contributed by atoms with E-state index in [1.165, 1.54) is 0 Å². The van der Waals surface area contributed by atoms with Crippen LogP contribution in [0.1, 0.15) is 31.2 Å². The highest BCUT2D eigenvalue weighted by Crippen LogP contribution is 2.12. The van der Waals surface area contributed by atoms with Crippen molar-refractivity contribution in [1.29, 1.82) is 0 Å². The van der Waals surface area contributed by atoms with Crippen LogP contribution in [-0.4, -0.2) is 94.9 Å². The van der Waals surface area contributed by atoms with Crippen LogP contribution in [0.4, 0.5) is 0 Å². The maximum absolute atomic E-state index is 11.7. The fourth-order valence-corrected chi connectivity index (χ4v) is 2.91. The third kappa shape index (κ3) is 14.4. The number of esters is 1. The Balaban J connectivity index is 1.26. The average Bonchev–Trinajstić information content (AvgIpc) is 3.21. The summed E-state index contributed by atoms with van der Waals surface area (Å²) in [5.41, 5.74) is 0.943. The van der Waals surface area contributed by atoms with E-state index in [0.717, 1.165) is 5.56 Å². The van der Waals surface area contributed by atoms with Crippen LogP contribution in [0.2, 0.25) is 0 Å². The van der Waals surface area contributed by atoms with Crippen molar-refractivity contribution < 1.29 is 52.4 Å². The van der Waals surface area contributed by atoms with Crippen LogP contribution in [0.5, 0.6) is 0 Å². The topological polar surface area (TPSA) is 136 Å². The number of hydroxylamine groups is 2. The van der Waals surface area contributed by atoms with Crippen LogP contribution in [0.3, 0.4) is 0 Å². The van der Waals surface area contributed by atoms with E-state index < -0.39 is 17.8 Å². The number of ether oxygens (including phenoxy) is 6. The fraction of sp³-hybridized carbons (Fsp3) is 0.600. The van der Waals surface area contributed by atoms with Gasteiger partial charge in [0.25, 0.3) is 11.8 Å². The van der Waals surface area contributed by atoms with E-state index in [-0.39, 0.29) is 58.1 Å². The summed E-state index contributed by atoms with van der Waals surface area (Å²) in [6, 6.07) is 9.48. The molecule has 1 saturated heterocycles. The number of nitrogens with zero attached hydrogens (tertiary/aromatic N) is 1. The van der Waals surface area contributed by atoms with Crippen molar-refractivity contribution in [3.8, 4) is 0 Å². The first-order valence-corrected chi connectivity index (χ1v) is 12.2. The van der Waals surface area contributed by atoms with E-state index in [1.807, 2.05) is 30.3 Å². The number of benzene rings is 1. The van der Waals surface area contributed by atoms with Crippen molar-refractivity contribution in [2.75, 3.05) is 66.1 Å². The van der Waals surface area contributed by atoms with E-state index in [4.69, 9.17) is 33.3 Å². The summed E-state index contributed by atoms with van der Waals surface area (Å²) >= 11 is 0. The lowest BCUT2D eigenvalue weighted by molar-refractivity contribution is -0.198. The first-order valence-electron chi connectivity index (χ1n) is 12.2. The van der Waals surface area contributed by atoms with Gasteiger partial charge in [0.05, 0.1) is 78.9 Å². The molecule has 0 radical (unpaired) electrons. The molecule has 1 heterocycles. The molecule has 1 aliphatic heterocycles. The summed E-state index contributed by atoms with van der Waals surface area (Å²) < 4.78 is 31.9. The molecule has 0 aliphatic carbocycles. The molecule has 1 fully saturated rings. The largest absolute Gasteiger partial charge is 0.461 e. The lowest BCUT2D eigenvalue weighted by atomic mass is 10.2. The van der Waals surface area contributed by atoms with Crippen molar-refractivity contribution in [3.05, 3.63) is 35.9 Å². The van der Waals surface area contributed by atoms with Crippen molar-refractivity contribution in [1.82, 2.24) is 5.06 Å². The number of carbonyl (C=O) groups is 4. The highest BCUT2D eigenvalue weighted by molar-refractivity contribution is 6.01. The zero-order valence-electron chi connectivity index (χ0n) is 20.9. The van der Waals surface area contributed by atoms with Gasteiger partial charge in [-0.1, -0.05) is 30.3 Å². The molecule has 1 aromatic rings. The van der Waals surface area contributed by atoms with E-state index in [2.05, 4.69) is 0 Å². The van der Waals surface area contributed by atoms with E-state index >= 15 is 0 Å². The minimum Gasteiger partial charge on any atom is -0.461 e. The van der Waals surface area contributed by atoms with Gasteiger partial charge < -0.3 is 33.3 Å². The molecule has 1 aromatic carbocycles. The summed E-state index contributed by atoms with van der Waals surface area (Å²) in [5, 5.41) is 0.513. The molecule has 0 bridgehead atoms. The average molecular weight is 526 g/mol. The van der Waals surface area contributed by atoms with Gasteiger partial charge in [-0.25, -0.2) is 4.79 Å². The number of rotatable bonds is 21. The third-order valence-corrected chi connectivity index (χ3v) is 4.83. The van der Waals surface area contributed by atoms with Crippen LogP contribution in [0.25, 0.3) is 0 Å². The van der Waals surface area contributed by atoms with Gasteiger partial charge in [-0.05, 0) is 5.56 Å². The Morgan fingerprint density at radius 1 is 0.622 bits per heavy atom. The van der Waals surface area contributed by atoms with Crippen LogP contribution >= 0.6 is 0 Å². The third-order valence-electron chi connectivity index (χ3n) is 4.83. The molecule has 12 nitrogen and oxygen atoms in total. The second-order valence-corrected chi connectivity index (χ2v) is 7.75. The molecule has 12 heteroatoms. The molecular weight excluding hydrogens is 490 g/mol. The highest BCUT2D eigenvalue weighted by Gasteiger charge is 2.32. The maximum Gasteiger partial charge on any atom is 0.335 e. The summed E-state index contributed by atoms with van der Waals surface area (Å²) in [7, 11) is 0. The highest BCUT2D eigenvalue weighted by atomic mass is 16.7. The van der Waals surface area contributed by atoms with Gasteiger partial charge >= 0.3 is 11.9 Å². The number of imide groups is 1. The first-order chi connectivity index (χ1) is 18.1. The van der Waals surface area contributed by atoms with Gasteiger partial charge in [0.15, 0.2) is 0 Å². The minimum absolute atomic E-state index is 0.0582.